The first-order chi connectivity index (χ1) is 7.77. The van der Waals surface area contributed by atoms with Gasteiger partial charge in [0.1, 0.15) is 0 Å². The van der Waals surface area contributed by atoms with Gasteiger partial charge in [0, 0.05) is 11.3 Å². The number of carbonyl (C=O) groups is 1. The predicted molar refractivity (Wildman–Crippen MR) is 65.6 cm³/mol. The van der Waals surface area contributed by atoms with Gasteiger partial charge in [0.2, 0.25) is 5.78 Å². The highest BCUT2D eigenvalue weighted by Crippen LogP contribution is 2.23. The van der Waals surface area contributed by atoms with Gasteiger partial charge >= 0.3 is 0 Å². The SMILES string of the molecule is Cc1ccccc1SCC(=O)C1=CCCO1. The second-order valence-electron chi connectivity index (χ2n) is 3.68. The molecule has 1 aromatic rings. The zero-order chi connectivity index (χ0) is 11.4. The van der Waals surface area contributed by atoms with E-state index in [-0.39, 0.29) is 5.78 Å². The number of benzene rings is 1. The number of thioether (sulfide) groups is 1. The summed E-state index contributed by atoms with van der Waals surface area (Å²) in [7, 11) is 0. The lowest BCUT2D eigenvalue weighted by Gasteiger charge is -2.05. The van der Waals surface area contributed by atoms with Crippen molar-refractivity contribution in [2.45, 2.75) is 18.2 Å². The molecule has 0 N–H and O–H groups in total. The van der Waals surface area contributed by atoms with Crippen LogP contribution in [0.25, 0.3) is 0 Å². The average molecular weight is 234 g/mol. The van der Waals surface area contributed by atoms with Crippen LogP contribution >= 0.6 is 11.8 Å². The molecule has 0 saturated heterocycles. The molecule has 1 aliphatic rings. The third-order valence-corrected chi connectivity index (χ3v) is 3.61. The number of carbonyl (C=O) groups excluding carboxylic acids is 1. The van der Waals surface area contributed by atoms with Crippen LogP contribution in [0.3, 0.4) is 0 Å². The van der Waals surface area contributed by atoms with Crippen LogP contribution in [0, 0.1) is 6.92 Å². The molecule has 1 heterocycles. The summed E-state index contributed by atoms with van der Waals surface area (Å²) in [6, 6.07) is 8.09. The lowest BCUT2D eigenvalue weighted by atomic mass is 10.2. The van der Waals surface area contributed by atoms with Gasteiger partial charge in [-0.1, -0.05) is 18.2 Å². The minimum Gasteiger partial charge on any atom is -0.490 e. The second kappa shape index (κ2) is 5.21. The summed E-state index contributed by atoms with van der Waals surface area (Å²) in [5.74, 6) is 1.09. The van der Waals surface area contributed by atoms with Gasteiger partial charge in [0.05, 0.1) is 12.4 Å². The zero-order valence-corrected chi connectivity index (χ0v) is 10.0. The fourth-order valence-corrected chi connectivity index (χ4v) is 2.44. The highest BCUT2D eigenvalue weighted by Gasteiger charge is 2.15. The summed E-state index contributed by atoms with van der Waals surface area (Å²) >= 11 is 1.57. The number of aryl methyl sites for hydroxylation is 1. The predicted octanol–water partition coefficient (Wildman–Crippen LogP) is 2.96. The monoisotopic (exact) mass is 234 g/mol. The van der Waals surface area contributed by atoms with Crippen molar-refractivity contribution in [2.75, 3.05) is 12.4 Å². The largest absolute Gasteiger partial charge is 0.490 e. The Hall–Kier alpha value is -1.22. The average Bonchev–Trinajstić information content (AvgIpc) is 2.81. The van der Waals surface area contributed by atoms with Gasteiger partial charge in [-0.25, -0.2) is 0 Å². The molecule has 0 saturated carbocycles. The molecule has 0 radical (unpaired) electrons. The second-order valence-corrected chi connectivity index (χ2v) is 4.70. The van der Waals surface area contributed by atoms with Crippen LogP contribution in [0.5, 0.6) is 0 Å². The molecule has 2 rings (SSSR count). The summed E-state index contributed by atoms with van der Waals surface area (Å²) < 4.78 is 5.23. The van der Waals surface area contributed by atoms with Gasteiger partial charge in [-0.15, -0.1) is 11.8 Å². The molecule has 0 bridgehead atoms. The summed E-state index contributed by atoms with van der Waals surface area (Å²) in [5, 5.41) is 0. The quantitative estimate of drug-likeness (QED) is 0.749. The Kier molecular flexibility index (Phi) is 3.67. The number of rotatable bonds is 4. The lowest BCUT2D eigenvalue weighted by Crippen LogP contribution is -2.06. The highest BCUT2D eigenvalue weighted by atomic mass is 32.2. The Morgan fingerprint density at radius 1 is 1.44 bits per heavy atom. The van der Waals surface area contributed by atoms with Crippen molar-refractivity contribution in [2.24, 2.45) is 0 Å². The van der Waals surface area contributed by atoms with E-state index in [1.807, 2.05) is 24.3 Å². The molecule has 0 amide bonds. The van der Waals surface area contributed by atoms with Crippen molar-refractivity contribution in [3.63, 3.8) is 0 Å². The van der Waals surface area contributed by atoms with Gasteiger partial charge in [-0.2, -0.15) is 0 Å². The molecule has 1 aromatic carbocycles. The Morgan fingerprint density at radius 3 is 2.94 bits per heavy atom. The zero-order valence-electron chi connectivity index (χ0n) is 9.23. The topological polar surface area (TPSA) is 26.3 Å². The van der Waals surface area contributed by atoms with E-state index in [0.717, 1.165) is 11.3 Å². The fourth-order valence-electron chi connectivity index (χ4n) is 1.54. The van der Waals surface area contributed by atoms with Gasteiger partial charge in [-0.3, -0.25) is 4.79 Å². The Labute approximate surface area is 99.7 Å². The molecule has 0 aromatic heterocycles. The molecule has 16 heavy (non-hydrogen) atoms. The van der Waals surface area contributed by atoms with E-state index in [1.165, 1.54) is 5.56 Å². The van der Waals surface area contributed by atoms with E-state index < -0.39 is 0 Å². The highest BCUT2D eigenvalue weighted by molar-refractivity contribution is 8.00. The van der Waals surface area contributed by atoms with Crippen LogP contribution < -0.4 is 0 Å². The van der Waals surface area contributed by atoms with Gasteiger partial charge < -0.3 is 4.74 Å². The standard InChI is InChI=1S/C13H14O2S/c1-10-5-2-3-7-13(10)16-9-11(14)12-6-4-8-15-12/h2-3,5-7H,4,8-9H2,1H3. The molecule has 3 heteroatoms. The van der Waals surface area contributed by atoms with Crippen LogP contribution in [-0.2, 0) is 9.53 Å². The smallest absolute Gasteiger partial charge is 0.207 e. The molecule has 2 nitrogen and oxygen atoms in total. The number of allylic oxidation sites excluding steroid dienone is 1. The van der Waals surface area contributed by atoms with Gasteiger partial charge in [0.25, 0.3) is 0 Å². The minimum absolute atomic E-state index is 0.0887. The maximum Gasteiger partial charge on any atom is 0.207 e. The van der Waals surface area contributed by atoms with Gasteiger partial charge in [0.15, 0.2) is 5.76 Å². The molecule has 1 aliphatic heterocycles. The third kappa shape index (κ3) is 2.67. The van der Waals surface area contributed by atoms with Crippen LogP contribution in [0.15, 0.2) is 41.0 Å². The van der Waals surface area contributed by atoms with Gasteiger partial charge in [-0.05, 0) is 24.6 Å². The summed E-state index contributed by atoms with van der Waals surface area (Å²) in [6.07, 6.45) is 2.73. The van der Waals surface area contributed by atoms with E-state index in [1.54, 1.807) is 11.8 Å². The lowest BCUT2D eigenvalue weighted by molar-refractivity contribution is -0.116. The fraction of sp³-hybridized carbons (Fsp3) is 0.308. The third-order valence-electron chi connectivity index (χ3n) is 2.43. The van der Waals surface area contributed by atoms with Crippen molar-refractivity contribution >= 4 is 17.5 Å². The normalized spacial score (nSPS) is 14.4. The molecule has 84 valence electrons. The van der Waals surface area contributed by atoms with E-state index in [0.29, 0.717) is 18.1 Å². The summed E-state index contributed by atoms with van der Waals surface area (Å²) in [4.78, 5) is 12.9. The molecule has 0 atom stereocenters. The number of hydrogen-bond acceptors (Lipinski definition) is 3. The first-order valence-electron chi connectivity index (χ1n) is 5.32. The van der Waals surface area contributed by atoms with Crippen LogP contribution in [0.1, 0.15) is 12.0 Å². The van der Waals surface area contributed by atoms with E-state index >= 15 is 0 Å². The first-order valence-corrected chi connectivity index (χ1v) is 6.30. The van der Waals surface area contributed by atoms with E-state index in [9.17, 15) is 4.79 Å². The van der Waals surface area contributed by atoms with E-state index in [4.69, 9.17) is 4.74 Å². The molecule has 0 spiro atoms. The Bertz CT molecular complexity index is 424. The van der Waals surface area contributed by atoms with Crippen LogP contribution in [0.2, 0.25) is 0 Å². The molecular formula is C13H14O2S. The van der Waals surface area contributed by atoms with Crippen molar-refractivity contribution < 1.29 is 9.53 Å². The summed E-state index contributed by atoms with van der Waals surface area (Å²) in [5.41, 5.74) is 1.21. The minimum atomic E-state index is 0.0887. The van der Waals surface area contributed by atoms with Crippen molar-refractivity contribution in [1.82, 2.24) is 0 Å². The van der Waals surface area contributed by atoms with Crippen molar-refractivity contribution in [3.05, 3.63) is 41.7 Å². The van der Waals surface area contributed by atoms with Crippen molar-refractivity contribution in [1.29, 1.82) is 0 Å². The maximum atomic E-state index is 11.7. The first kappa shape index (κ1) is 11.3. The van der Waals surface area contributed by atoms with Crippen molar-refractivity contribution in [3.8, 4) is 0 Å². The van der Waals surface area contributed by atoms with Crippen LogP contribution in [-0.4, -0.2) is 18.1 Å². The van der Waals surface area contributed by atoms with Crippen LogP contribution in [0.4, 0.5) is 0 Å². The Balaban J connectivity index is 1.92. The molecule has 0 aliphatic carbocycles. The Morgan fingerprint density at radius 2 is 2.25 bits per heavy atom. The molecule has 0 fully saturated rings. The number of Topliss-reactive ketones (excluding diaryl/α,β-unsaturated/α-hetero) is 1. The number of ketones is 1. The van der Waals surface area contributed by atoms with E-state index in [2.05, 4.69) is 13.0 Å². The maximum absolute atomic E-state index is 11.7. The number of ether oxygens (including phenoxy) is 1. The molecular weight excluding hydrogens is 220 g/mol. The number of hydrogen-bond donors (Lipinski definition) is 0. The molecule has 0 unspecified atom stereocenters. The summed E-state index contributed by atoms with van der Waals surface area (Å²) in [6.45, 7) is 2.70.